The van der Waals surface area contributed by atoms with Gasteiger partial charge < -0.3 is 20.5 Å². The molecule has 0 spiro atoms. The van der Waals surface area contributed by atoms with Crippen molar-refractivity contribution in [2.75, 3.05) is 36.3 Å². The minimum Gasteiger partial charge on any atom is -0.486 e. The lowest BCUT2D eigenvalue weighted by molar-refractivity contribution is 0.172. The van der Waals surface area contributed by atoms with E-state index in [-0.39, 0.29) is 0 Å². The number of thioether (sulfide) groups is 1. The van der Waals surface area contributed by atoms with E-state index in [4.69, 9.17) is 15.2 Å². The van der Waals surface area contributed by atoms with E-state index in [0.29, 0.717) is 24.9 Å². The van der Waals surface area contributed by atoms with Crippen molar-refractivity contribution in [3.63, 3.8) is 0 Å². The highest BCUT2D eigenvalue weighted by molar-refractivity contribution is 7.98. The van der Waals surface area contributed by atoms with Crippen molar-refractivity contribution in [2.24, 2.45) is 0 Å². The summed E-state index contributed by atoms with van der Waals surface area (Å²) in [6, 6.07) is 4.19. The summed E-state index contributed by atoms with van der Waals surface area (Å²) in [5.41, 5.74) is 7.68. The van der Waals surface area contributed by atoms with Crippen LogP contribution in [-0.4, -0.2) is 31.3 Å². The van der Waals surface area contributed by atoms with Crippen LogP contribution in [0.1, 0.15) is 13.3 Å². The molecule has 0 aromatic heterocycles. The van der Waals surface area contributed by atoms with Gasteiger partial charge in [0, 0.05) is 23.9 Å². The normalized spacial score (nSPS) is 15.2. The number of hydrogen-bond acceptors (Lipinski definition) is 5. The molecule has 0 aliphatic carbocycles. The van der Waals surface area contributed by atoms with Crippen molar-refractivity contribution < 1.29 is 9.47 Å². The summed E-state index contributed by atoms with van der Waals surface area (Å²) in [6.45, 7) is 3.35. The van der Waals surface area contributed by atoms with Gasteiger partial charge in [0.25, 0.3) is 0 Å². The second kappa shape index (κ2) is 6.09. The molecule has 1 unspecified atom stereocenters. The molecule has 0 fully saturated rings. The summed E-state index contributed by atoms with van der Waals surface area (Å²) >= 11 is 1.83. The molecule has 5 heteroatoms. The molecule has 1 atom stereocenters. The molecule has 0 bridgehead atoms. The second-order valence-corrected chi connectivity index (χ2v) is 5.20. The third-order valence-corrected chi connectivity index (χ3v) is 3.67. The van der Waals surface area contributed by atoms with Crippen LogP contribution in [0.2, 0.25) is 0 Å². The van der Waals surface area contributed by atoms with Gasteiger partial charge in [-0.15, -0.1) is 0 Å². The number of nitrogens with two attached hydrogens (primary N) is 1. The Bertz CT molecular complexity index is 412. The maximum absolute atomic E-state index is 6.04. The number of fused-ring (bicyclic) bond motifs is 1. The first-order valence-corrected chi connectivity index (χ1v) is 7.58. The number of rotatable bonds is 5. The fourth-order valence-corrected chi connectivity index (χ4v) is 2.63. The number of anilines is 2. The summed E-state index contributed by atoms with van der Waals surface area (Å²) in [4.78, 5) is 0. The molecule has 3 N–H and O–H groups in total. The smallest absolute Gasteiger partial charge is 0.163 e. The van der Waals surface area contributed by atoms with Crippen molar-refractivity contribution in [1.29, 1.82) is 0 Å². The van der Waals surface area contributed by atoms with Crippen molar-refractivity contribution in [3.05, 3.63) is 12.1 Å². The minimum atomic E-state index is 0.421. The molecule has 1 aliphatic rings. The Morgan fingerprint density at radius 1 is 1.33 bits per heavy atom. The third kappa shape index (κ3) is 2.96. The van der Waals surface area contributed by atoms with Crippen molar-refractivity contribution >= 4 is 23.1 Å². The Labute approximate surface area is 112 Å². The molecular weight excluding hydrogens is 248 g/mol. The van der Waals surface area contributed by atoms with E-state index >= 15 is 0 Å². The molecule has 4 nitrogen and oxygen atoms in total. The predicted octanol–water partition coefficient (Wildman–Crippen LogP) is 2.59. The molecule has 1 aliphatic heterocycles. The molecule has 0 saturated carbocycles. The van der Waals surface area contributed by atoms with Crippen LogP contribution in [0.5, 0.6) is 11.5 Å². The zero-order valence-electron chi connectivity index (χ0n) is 10.9. The molecule has 1 aromatic carbocycles. The summed E-state index contributed by atoms with van der Waals surface area (Å²) in [5.74, 6) is 2.57. The molecule has 0 saturated heterocycles. The highest BCUT2D eigenvalue weighted by Gasteiger charge is 2.16. The van der Waals surface area contributed by atoms with Gasteiger partial charge in [-0.2, -0.15) is 11.8 Å². The second-order valence-electron chi connectivity index (χ2n) is 4.29. The molecule has 2 rings (SSSR count). The van der Waals surface area contributed by atoms with Gasteiger partial charge in [0.05, 0.1) is 11.4 Å². The van der Waals surface area contributed by atoms with Gasteiger partial charge in [-0.25, -0.2) is 0 Å². The van der Waals surface area contributed by atoms with Crippen LogP contribution in [0.15, 0.2) is 12.1 Å². The predicted molar refractivity (Wildman–Crippen MR) is 77.9 cm³/mol. The molecular formula is C13H20N2O2S. The van der Waals surface area contributed by atoms with Gasteiger partial charge in [-0.05, 0) is 12.7 Å². The largest absolute Gasteiger partial charge is 0.486 e. The van der Waals surface area contributed by atoms with Crippen molar-refractivity contribution in [2.45, 2.75) is 19.4 Å². The van der Waals surface area contributed by atoms with Gasteiger partial charge in [0.1, 0.15) is 13.2 Å². The molecule has 18 heavy (non-hydrogen) atoms. The van der Waals surface area contributed by atoms with E-state index in [2.05, 4.69) is 18.5 Å². The SMILES string of the molecule is CCC(CSC)Nc1cc2c(cc1N)OCCO2. The van der Waals surface area contributed by atoms with E-state index in [0.717, 1.165) is 29.4 Å². The molecule has 100 valence electrons. The number of nitrogen functional groups attached to an aromatic ring is 1. The van der Waals surface area contributed by atoms with Gasteiger partial charge >= 0.3 is 0 Å². The number of hydrogen-bond donors (Lipinski definition) is 2. The van der Waals surface area contributed by atoms with Crippen LogP contribution >= 0.6 is 11.8 Å². The van der Waals surface area contributed by atoms with Crippen LogP contribution in [0.4, 0.5) is 11.4 Å². The van der Waals surface area contributed by atoms with Crippen LogP contribution in [-0.2, 0) is 0 Å². The van der Waals surface area contributed by atoms with Crippen molar-refractivity contribution in [1.82, 2.24) is 0 Å². The lowest BCUT2D eigenvalue weighted by atomic mass is 10.2. The van der Waals surface area contributed by atoms with E-state index in [1.54, 1.807) is 0 Å². The quantitative estimate of drug-likeness (QED) is 0.804. The zero-order valence-corrected chi connectivity index (χ0v) is 11.7. The first-order valence-electron chi connectivity index (χ1n) is 6.19. The minimum absolute atomic E-state index is 0.421. The standard InChI is InChI=1S/C13H20N2O2S/c1-3-9(8-18-2)15-11-7-13-12(6-10(11)14)16-4-5-17-13/h6-7,9,15H,3-5,8,14H2,1-2H3. The molecule has 0 radical (unpaired) electrons. The Morgan fingerprint density at radius 3 is 2.61 bits per heavy atom. The summed E-state index contributed by atoms with van der Waals surface area (Å²) < 4.78 is 11.1. The fraction of sp³-hybridized carbons (Fsp3) is 0.538. The van der Waals surface area contributed by atoms with Gasteiger partial charge in [-0.3, -0.25) is 0 Å². The van der Waals surface area contributed by atoms with Gasteiger partial charge in [0.2, 0.25) is 0 Å². The Morgan fingerprint density at radius 2 is 2.00 bits per heavy atom. The lowest BCUT2D eigenvalue weighted by Crippen LogP contribution is -2.22. The number of benzene rings is 1. The first kappa shape index (κ1) is 13.2. The fourth-order valence-electron chi connectivity index (χ4n) is 1.91. The van der Waals surface area contributed by atoms with Crippen LogP contribution < -0.4 is 20.5 Å². The van der Waals surface area contributed by atoms with Gasteiger partial charge in [-0.1, -0.05) is 6.92 Å². The summed E-state index contributed by atoms with van der Waals surface area (Å²) in [6.07, 6.45) is 3.17. The van der Waals surface area contributed by atoms with Crippen molar-refractivity contribution in [3.8, 4) is 11.5 Å². The van der Waals surface area contributed by atoms with Crippen LogP contribution in [0, 0.1) is 0 Å². The van der Waals surface area contributed by atoms with Crippen LogP contribution in [0.25, 0.3) is 0 Å². The summed E-state index contributed by atoms with van der Waals surface area (Å²) in [5, 5.41) is 3.47. The average molecular weight is 268 g/mol. The maximum atomic E-state index is 6.04. The highest BCUT2D eigenvalue weighted by Crippen LogP contribution is 2.37. The molecule has 1 heterocycles. The highest BCUT2D eigenvalue weighted by atomic mass is 32.2. The Hall–Kier alpha value is -1.23. The van der Waals surface area contributed by atoms with E-state index in [1.165, 1.54) is 0 Å². The maximum Gasteiger partial charge on any atom is 0.163 e. The van der Waals surface area contributed by atoms with Crippen LogP contribution in [0.3, 0.4) is 0 Å². The summed E-state index contributed by atoms with van der Waals surface area (Å²) in [7, 11) is 0. The van der Waals surface area contributed by atoms with E-state index in [1.807, 2.05) is 23.9 Å². The first-order chi connectivity index (χ1) is 8.74. The lowest BCUT2D eigenvalue weighted by Gasteiger charge is -2.23. The average Bonchev–Trinajstić information content (AvgIpc) is 2.39. The molecule has 1 aromatic rings. The molecule has 0 amide bonds. The monoisotopic (exact) mass is 268 g/mol. The number of ether oxygens (including phenoxy) is 2. The van der Waals surface area contributed by atoms with E-state index in [9.17, 15) is 0 Å². The topological polar surface area (TPSA) is 56.5 Å². The zero-order chi connectivity index (χ0) is 13.0. The third-order valence-electron chi connectivity index (χ3n) is 2.93. The Kier molecular flexibility index (Phi) is 4.47. The number of nitrogens with one attached hydrogen (secondary N) is 1. The van der Waals surface area contributed by atoms with Gasteiger partial charge in [0.15, 0.2) is 11.5 Å². The van der Waals surface area contributed by atoms with E-state index < -0.39 is 0 Å². The Balaban J connectivity index is 2.17.